The number of allylic oxidation sites excluding steroid dienone is 3. The Morgan fingerprint density at radius 2 is 1.11 bits per heavy atom. The second kappa shape index (κ2) is 45.4. The first kappa shape index (κ1) is 95.0. The van der Waals surface area contributed by atoms with Gasteiger partial charge in [0, 0.05) is 83.0 Å². The lowest BCUT2D eigenvalue weighted by atomic mass is 9.44. The van der Waals surface area contributed by atoms with Crippen molar-refractivity contribution in [3.8, 4) is 6.07 Å². The van der Waals surface area contributed by atoms with E-state index in [1.807, 2.05) is 10.9 Å². The van der Waals surface area contributed by atoms with Gasteiger partial charge in [0.2, 0.25) is 5.91 Å². The molecule has 10 rings (SSSR count). The Hall–Kier alpha value is -4.26. The number of aliphatic hydroxyl groups is 2. The van der Waals surface area contributed by atoms with Crippen LogP contribution in [0.5, 0.6) is 0 Å². The third-order valence-corrected chi connectivity index (χ3v) is 34.7. The van der Waals surface area contributed by atoms with Gasteiger partial charge >= 0.3 is 0 Å². The molecule has 27 atom stereocenters. The molecule has 664 valence electrons. The first-order valence-corrected chi connectivity index (χ1v) is 49.8. The Balaban J connectivity index is 0.678. The summed E-state index contributed by atoms with van der Waals surface area (Å²) in [7, 11) is 8.82. The summed E-state index contributed by atoms with van der Waals surface area (Å²) in [5, 5.41) is 61.5. The van der Waals surface area contributed by atoms with Crippen LogP contribution in [-0.2, 0) is 35.5 Å². The van der Waals surface area contributed by atoms with Crippen LogP contribution in [0.2, 0.25) is 0 Å². The van der Waals surface area contributed by atoms with E-state index in [1.54, 1.807) is 4.68 Å². The average Bonchev–Trinajstić information content (AvgIpc) is 1.52. The number of amides is 1. The highest BCUT2D eigenvalue weighted by Crippen LogP contribution is 2.77. The average molecular weight is 1620 g/mol. The molecule has 0 radical (unpaired) electrons. The van der Waals surface area contributed by atoms with Crippen LogP contribution in [0.3, 0.4) is 0 Å². The maximum Gasteiger partial charge on any atom is 0.242 e. The van der Waals surface area contributed by atoms with E-state index < -0.39 is 12.0 Å². The predicted molar refractivity (Wildman–Crippen MR) is 483 cm³/mol. The van der Waals surface area contributed by atoms with Gasteiger partial charge in [0.15, 0.2) is 0 Å². The molecule has 4 N–H and O–H groups in total. The van der Waals surface area contributed by atoms with Gasteiger partial charge in [-0.3, -0.25) is 4.79 Å². The Bertz CT molecular complexity index is 3340. The number of ether oxygens (including phenoxy) is 1. The third-order valence-electron chi connectivity index (χ3n) is 34.7. The summed E-state index contributed by atoms with van der Waals surface area (Å²) in [5.74, 6) is 10.1. The fraction of sp³-hybridized carbons (Fsp3) is 0.882. The maximum atomic E-state index is 15.2. The molecule has 0 spiro atoms. The molecule has 2 aromatic heterocycles. The molecule has 8 saturated carbocycles. The molecule has 27 unspecified atom stereocenters. The molecular weight excluding hydrogens is 1440 g/mol. The minimum atomic E-state index is -0.661. The van der Waals surface area contributed by atoms with Gasteiger partial charge in [-0.25, -0.2) is 9.36 Å². The number of aryl methyl sites for hydroxylation is 2. The fourth-order valence-electron chi connectivity index (χ4n) is 27.9. The van der Waals surface area contributed by atoms with Gasteiger partial charge in [0.25, 0.3) is 0 Å². The number of hydrogen-bond donors (Lipinski definition) is 4. The molecule has 8 fully saturated rings. The molecule has 0 bridgehead atoms. The molecule has 1 amide bonds. The van der Waals surface area contributed by atoms with Crippen molar-refractivity contribution in [3.63, 3.8) is 0 Å². The predicted octanol–water partition coefficient (Wildman–Crippen LogP) is 22.7. The molecule has 15 nitrogen and oxygen atoms in total. The first-order chi connectivity index (χ1) is 56.2. The summed E-state index contributed by atoms with van der Waals surface area (Å²) in [5.41, 5.74) is 5.68. The number of aliphatic hydroxyl groups excluding tert-OH is 2. The van der Waals surface area contributed by atoms with E-state index in [0.717, 1.165) is 157 Å². The standard InChI is InChI=1S/C102H177N11O4/c1-20-82-60-94(101(62-68(4)41-39-43-72(101)8)93-55-71(7)75(11)100(116)91(93)63-103)98(89(76(82)12)58-84(78(14)110(16)17)56-80-44-31-29-32-45-80)105-96(115)67-113-66-86(107-109-113)48-35-27-25-23-24-26-28-37-51-117-52-38-36-49-87-65-112(108-106-87)64-74(10)104-99-90(59-85(79(15)111(18)19)57-81-46-33-30-34-47-81)77(13)83(21-2)61-95(99)102(92-50-40-42-70(6)97(92)102)73(9)53-69(5)54-88(114)22-3/h65-66,68-73,75-77,80-85,88-95,97-100,104,114,116H,10,14-15,20-62,64,67H2,1-9,11-13,16-19H3,(H,105,115). The smallest absolute Gasteiger partial charge is 0.242 e. The topological polar surface area (TPSA) is 183 Å². The summed E-state index contributed by atoms with van der Waals surface area (Å²) in [4.78, 5) is 19.8. The molecule has 0 saturated heterocycles. The first-order valence-electron chi connectivity index (χ1n) is 49.8. The monoisotopic (exact) mass is 1620 g/mol. The molecule has 2 heterocycles. The highest BCUT2D eigenvalue weighted by molar-refractivity contribution is 5.76. The van der Waals surface area contributed by atoms with Gasteiger partial charge in [-0.1, -0.05) is 261 Å². The second-order valence-electron chi connectivity index (χ2n) is 42.7. The van der Waals surface area contributed by atoms with Crippen LogP contribution in [0.15, 0.2) is 49.2 Å². The number of nitriles is 1. The SMILES string of the molecule is C=C(Cn1cc(CCCCOCCCCCCCCCCc2cn(CC(=O)NC3C(CC(CC4CCCCC4)C(=C)N(C)C)C(C)C(CC)CC3C3(C4CC(C)C(C)C(O)C4C#N)CC(C)CCCC3C)nn2)nn1)NC1C(CC(CC2CCCCC2)C(=C)N(C)C)C(C)C(CC)CC1C1(C(C)CC(C)CC(O)CC)C2CCCC(C)C21. The second-order valence-corrected chi connectivity index (χ2v) is 42.7. The maximum absolute atomic E-state index is 15.2. The lowest BCUT2D eigenvalue weighted by Gasteiger charge is -2.61. The van der Waals surface area contributed by atoms with Gasteiger partial charge < -0.3 is 35.4 Å². The molecule has 117 heavy (non-hydrogen) atoms. The quantitative estimate of drug-likeness (QED) is 0.0364. The van der Waals surface area contributed by atoms with Crippen molar-refractivity contribution < 1.29 is 19.7 Å². The van der Waals surface area contributed by atoms with Gasteiger partial charge in [-0.05, 0) is 257 Å². The highest BCUT2D eigenvalue weighted by atomic mass is 16.5. The summed E-state index contributed by atoms with van der Waals surface area (Å²) >= 11 is 0. The van der Waals surface area contributed by atoms with Crippen molar-refractivity contribution >= 4 is 5.91 Å². The largest absolute Gasteiger partial charge is 0.393 e. The van der Waals surface area contributed by atoms with E-state index in [2.05, 4.69) is 154 Å². The van der Waals surface area contributed by atoms with Gasteiger partial charge in [0.05, 0.1) is 42.1 Å². The van der Waals surface area contributed by atoms with Crippen LogP contribution in [0, 0.1) is 158 Å². The van der Waals surface area contributed by atoms with Crippen LogP contribution < -0.4 is 10.6 Å². The molecule has 8 aliphatic rings. The number of carbonyl (C=O) groups excluding carboxylic acids is 1. The number of aromatic nitrogens is 6. The zero-order valence-electron chi connectivity index (χ0n) is 77.9. The van der Waals surface area contributed by atoms with Gasteiger partial charge in [-0.15, -0.1) is 10.2 Å². The number of fused-ring (bicyclic) bond motifs is 1. The number of unbranched alkanes of at least 4 members (excludes halogenated alkanes) is 8. The van der Waals surface area contributed by atoms with E-state index in [4.69, 9.17) is 34.8 Å². The van der Waals surface area contributed by atoms with E-state index in [9.17, 15) is 15.5 Å². The Morgan fingerprint density at radius 1 is 0.598 bits per heavy atom. The van der Waals surface area contributed by atoms with Gasteiger partial charge in [-0.2, -0.15) is 5.26 Å². The summed E-state index contributed by atoms with van der Waals surface area (Å²) in [6.07, 6.45) is 51.8. The van der Waals surface area contributed by atoms with E-state index in [-0.39, 0.29) is 59.1 Å². The lowest BCUT2D eigenvalue weighted by Crippen LogP contribution is -2.63. The Morgan fingerprint density at radius 3 is 1.65 bits per heavy atom. The van der Waals surface area contributed by atoms with Crippen molar-refractivity contribution in [2.45, 2.75) is 384 Å². The van der Waals surface area contributed by atoms with E-state index >= 15 is 4.79 Å². The molecule has 8 aliphatic carbocycles. The summed E-state index contributed by atoms with van der Waals surface area (Å²) < 4.78 is 10.0. The lowest BCUT2D eigenvalue weighted by molar-refractivity contribution is -0.144. The Kier molecular flexibility index (Phi) is 36.9. The van der Waals surface area contributed by atoms with Crippen molar-refractivity contribution in [2.24, 2.45) is 147 Å². The van der Waals surface area contributed by atoms with Crippen LogP contribution in [0.4, 0.5) is 0 Å². The van der Waals surface area contributed by atoms with Crippen molar-refractivity contribution in [1.82, 2.24) is 50.4 Å². The summed E-state index contributed by atoms with van der Waals surface area (Å²) in [6.45, 7) is 46.3. The molecule has 0 aliphatic heterocycles. The summed E-state index contributed by atoms with van der Waals surface area (Å²) in [6, 6.07) is 3.04. The van der Waals surface area contributed by atoms with Crippen LogP contribution in [0.1, 0.15) is 345 Å². The normalized spacial score (nSPS) is 34.4. The molecule has 2 aromatic rings. The van der Waals surface area contributed by atoms with E-state index in [1.165, 1.54) is 172 Å². The van der Waals surface area contributed by atoms with Crippen molar-refractivity contribution in [3.05, 3.63) is 60.6 Å². The zero-order chi connectivity index (χ0) is 84.3. The van der Waals surface area contributed by atoms with Gasteiger partial charge in [0.1, 0.15) is 6.54 Å². The van der Waals surface area contributed by atoms with Crippen LogP contribution in [0.25, 0.3) is 0 Å². The highest BCUT2D eigenvalue weighted by Gasteiger charge is 2.73. The minimum Gasteiger partial charge on any atom is -0.393 e. The minimum absolute atomic E-state index is 0.0134. The zero-order valence-corrected chi connectivity index (χ0v) is 77.9. The third kappa shape index (κ3) is 24.0. The number of nitrogens with one attached hydrogen (secondary N) is 2. The molecular formula is C102H177N11O4. The number of hydrogen-bond acceptors (Lipinski definition) is 12. The number of carbonyl (C=O) groups is 1. The molecule has 0 aromatic carbocycles. The Labute approximate surface area is 716 Å². The number of rotatable bonds is 46. The van der Waals surface area contributed by atoms with Crippen molar-refractivity contribution in [2.75, 3.05) is 41.4 Å². The van der Waals surface area contributed by atoms with E-state index in [0.29, 0.717) is 95.4 Å². The fourth-order valence-corrected chi connectivity index (χ4v) is 27.9. The molecule has 15 heteroatoms. The number of nitrogens with zero attached hydrogens (tertiary/aromatic N) is 9. The van der Waals surface area contributed by atoms with Crippen LogP contribution in [-0.4, -0.2) is 122 Å². The van der Waals surface area contributed by atoms with Crippen molar-refractivity contribution in [1.29, 1.82) is 5.26 Å². The van der Waals surface area contributed by atoms with Crippen LogP contribution >= 0.6 is 0 Å².